The molecule has 0 saturated heterocycles. The molecule has 0 spiro atoms. The van der Waals surface area contributed by atoms with Gasteiger partial charge >= 0.3 is 5.97 Å². The van der Waals surface area contributed by atoms with Crippen LogP contribution in [0.5, 0.6) is 0 Å². The molecular formula is C12H23NO2S. The van der Waals surface area contributed by atoms with Gasteiger partial charge in [0.05, 0.1) is 7.11 Å². The smallest absolute Gasteiger partial charge is 0.325 e. The lowest BCUT2D eigenvalue weighted by Gasteiger charge is -2.28. The molecule has 0 aromatic rings. The Labute approximate surface area is 103 Å². The van der Waals surface area contributed by atoms with Crippen LogP contribution in [0.25, 0.3) is 0 Å². The summed E-state index contributed by atoms with van der Waals surface area (Å²) in [6.07, 6.45) is 7.61. The normalized spacial score (nSPS) is 19.2. The molecule has 1 rings (SSSR count). The monoisotopic (exact) mass is 245 g/mol. The van der Waals surface area contributed by atoms with Gasteiger partial charge in [-0.2, -0.15) is 11.8 Å². The number of nitrogens with one attached hydrogen (secondary N) is 1. The highest BCUT2D eigenvalue weighted by atomic mass is 32.2. The Kier molecular flexibility index (Phi) is 5.62. The fourth-order valence-corrected chi connectivity index (χ4v) is 2.35. The lowest BCUT2D eigenvalue weighted by molar-refractivity contribution is -0.148. The van der Waals surface area contributed by atoms with Crippen molar-refractivity contribution in [3.63, 3.8) is 0 Å². The summed E-state index contributed by atoms with van der Waals surface area (Å²) in [4.78, 5) is 11.8. The highest BCUT2D eigenvalue weighted by molar-refractivity contribution is 7.98. The predicted octanol–water partition coefficient (Wildman–Crippen LogP) is 2.20. The summed E-state index contributed by atoms with van der Waals surface area (Å²) in [5.41, 5.74) is -0.478. The predicted molar refractivity (Wildman–Crippen MR) is 68.8 cm³/mol. The SMILES string of the molecule is COC(=O)C(C)(CCCCSC)NC1CC1. The molecule has 1 unspecified atom stereocenters. The van der Waals surface area contributed by atoms with Gasteiger partial charge in [0, 0.05) is 6.04 Å². The van der Waals surface area contributed by atoms with Gasteiger partial charge in [-0.05, 0) is 44.6 Å². The lowest BCUT2D eigenvalue weighted by Crippen LogP contribution is -2.51. The van der Waals surface area contributed by atoms with Crippen LogP contribution in [0.15, 0.2) is 0 Å². The first-order valence-electron chi connectivity index (χ1n) is 5.97. The number of esters is 1. The molecule has 3 nitrogen and oxygen atoms in total. The van der Waals surface area contributed by atoms with E-state index >= 15 is 0 Å². The molecule has 1 aliphatic rings. The zero-order valence-corrected chi connectivity index (χ0v) is 11.4. The molecule has 1 aliphatic carbocycles. The quantitative estimate of drug-likeness (QED) is 0.525. The second-order valence-corrected chi connectivity index (χ2v) is 5.68. The second kappa shape index (κ2) is 6.50. The van der Waals surface area contributed by atoms with Gasteiger partial charge in [0.1, 0.15) is 5.54 Å². The Morgan fingerprint density at radius 1 is 1.50 bits per heavy atom. The minimum atomic E-state index is -0.478. The third-order valence-corrected chi connectivity index (χ3v) is 3.71. The van der Waals surface area contributed by atoms with Crippen molar-refractivity contribution in [2.24, 2.45) is 0 Å². The molecule has 0 aliphatic heterocycles. The second-order valence-electron chi connectivity index (χ2n) is 4.69. The Morgan fingerprint density at radius 2 is 2.19 bits per heavy atom. The number of carbonyl (C=O) groups excluding carboxylic acids is 1. The van der Waals surface area contributed by atoms with Crippen LogP contribution in [0.4, 0.5) is 0 Å². The number of rotatable bonds is 8. The molecule has 1 fully saturated rings. The average molecular weight is 245 g/mol. The van der Waals surface area contributed by atoms with Crippen molar-refractivity contribution in [3.8, 4) is 0 Å². The average Bonchev–Trinajstić information content (AvgIpc) is 3.07. The maximum absolute atomic E-state index is 11.8. The van der Waals surface area contributed by atoms with Crippen molar-refractivity contribution in [2.75, 3.05) is 19.1 Å². The number of methoxy groups -OCH3 is 1. The van der Waals surface area contributed by atoms with Crippen molar-refractivity contribution in [3.05, 3.63) is 0 Å². The lowest BCUT2D eigenvalue weighted by atomic mass is 9.95. The number of ether oxygens (including phenoxy) is 1. The minimum Gasteiger partial charge on any atom is -0.468 e. The Balaban J connectivity index is 2.38. The molecule has 4 heteroatoms. The molecule has 0 amide bonds. The fourth-order valence-electron chi connectivity index (χ4n) is 1.86. The van der Waals surface area contributed by atoms with Crippen LogP contribution in [0.2, 0.25) is 0 Å². The summed E-state index contributed by atoms with van der Waals surface area (Å²) < 4.78 is 4.89. The minimum absolute atomic E-state index is 0.122. The van der Waals surface area contributed by atoms with Gasteiger partial charge < -0.3 is 4.74 Å². The van der Waals surface area contributed by atoms with E-state index in [0.29, 0.717) is 6.04 Å². The van der Waals surface area contributed by atoms with Crippen molar-refractivity contribution in [1.82, 2.24) is 5.32 Å². The molecule has 1 atom stereocenters. The zero-order valence-electron chi connectivity index (χ0n) is 10.5. The highest BCUT2D eigenvalue weighted by Crippen LogP contribution is 2.26. The van der Waals surface area contributed by atoms with E-state index in [9.17, 15) is 4.79 Å². The maximum Gasteiger partial charge on any atom is 0.325 e. The first-order chi connectivity index (χ1) is 7.62. The number of thioether (sulfide) groups is 1. The number of hydrogen-bond donors (Lipinski definition) is 1. The van der Waals surface area contributed by atoms with Crippen LogP contribution in [0.3, 0.4) is 0 Å². The fraction of sp³-hybridized carbons (Fsp3) is 0.917. The zero-order chi connectivity index (χ0) is 12.0. The van der Waals surface area contributed by atoms with Crippen molar-refractivity contribution < 1.29 is 9.53 Å². The summed E-state index contributed by atoms with van der Waals surface area (Å²) in [5, 5.41) is 3.41. The molecule has 94 valence electrons. The van der Waals surface area contributed by atoms with Gasteiger partial charge in [-0.25, -0.2) is 0 Å². The van der Waals surface area contributed by atoms with Crippen LogP contribution >= 0.6 is 11.8 Å². The van der Waals surface area contributed by atoms with Gasteiger partial charge in [-0.3, -0.25) is 10.1 Å². The standard InChI is InChI=1S/C12H23NO2S/c1-12(11(14)15-2,13-10-6-7-10)8-4-5-9-16-3/h10,13H,4-9H2,1-3H3. The Hall–Kier alpha value is -0.220. The van der Waals surface area contributed by atoms with Crippen LogP contribution in [-0.2, 0) is 9.53 Å². The van der Waals surface area contributed by atoms with Gasteiger partial charge in [0.2, 0.25) is 0 Å². The van der Waals surface area contributed by atoms with Crippen LogP contribution in [0.1, 0.15) is 39.0 Å². The summed E-state index contributed by atoms with van der Waals surface area (Å²) in [6.45, 7) is 1.97. The number of unbranched alkanes of at least 4 members (excludes halogenated alkanes) is 1. The number of carbonyl (C=O) groups is 1. The van der Waals surface area contributed by atoms with Crippen molar-refractivity contribution >= 4 is 17.7 Å². The third-order valence-electron chi connectivity index (χ3n) is 3.01. The third kappa shape index (κ3) is 4.34. The topological polar surface area (TPSA) is 38.3 Å². The van der Waals surface area contributed by atoms with Crippen LogP contribution in [0, 0.1) is 0 Å². The number of hydrogen-bond acceptors (Lipinski definition) is 4. The summed E-state index contributed by atoms with van der Waals surface area (Å²) in [5.74, 6) is 1.05. The molecule has 0 heterocycles. The van der Waals surface area contributed by atoms with E-state index in [0.717, 1.165) is 12.8 Å². The highest BCUT2D eigenvalue weighted by Gasteiger charge is 2.38. The van der Waals surface area contributed by atoms with Crippen molar-refractivity contribution in [2.45, 2.75) is 50.6 Å². The summed E-state index contributed by atoms with van der Waals surface area (Å²) >= 11 is 1.86. The van der Waals surface area contributed by atoms with Crippen LogP contribution in [-0.4, -0.2) is 36.7 Å². The van der Waals surface area contributed by atoms with E-state index in [1.54, 1.807) is 0 Å². The molecule has 16 heavy (non-hydrogen) atoms. The first kappa shape index (κ1) is 13.8. The summed E-state index contributed by atoms with van der Waals surface area (Å²) in [7, 11) is 1.47. The van der Waals surface area contributed by atoms with Gasteiger partial charge in [-0.1, -0.05) is 6.42 Å². The first-order valence-corrected chi connectivity index (χ1v) is 7.37. The van der Waals surface area contributed by atoms with E-state index in [2.05, 4.69) is 11.6 Å². The largest absolute Gasteiger partial charge is 0.468 e. The van der Waals surface area contributed by atoms with Crippen molar-refractivity contribution in [1.29, 1.82) is 0 Å². The molecule has 0 radical (unpaired) electrons. The van der Waals surface area contributed by atoms with E-state index < -0.39 is 5.54 Å². The van der Waals surface area contributed by atoms with E-state index in [1.807, 2.05) is 18.7 Å². The van der Waals surface area contributed by atoms with Gasteiger partial charge in [-0.15, -0.1) is 0 Å². The van der Waals surface area contributed by atoms with Gasteiger partial charge in [0.15, 0.2) is 0 Å². The molecule has 0 bridgehead atoms. The molecular weight excluding hydrogens is 222 g/mol. The molecule has 0 aromatic heterocycles. The molecule has 0 aromatic carbocycles. The molecule has 1 saturated carbocycles. The summed E-state index contributed by atoms with van der Waals surface area (Å²) in [6, 6.07) is 0.532. The van der Waals surface area contributed by atoms with E-state index in [1.165, 1.54) is 32.1 Å². The Morgan fingerprint density at radius 3 is 2.69 bits per heavy atom. The molecule has 1 N–H and O–H groups in total. The van der Waals surface area contributed by atoms with Gasteiger partial charge in [0.25, 0.3) is 0 Å². The maximum atomic E-state index is 11.8. The Bertz CT molecular complexity index is 231. The van der Waals surface area contributed by atoms with E-state index in [4.69, 9.17) is 4.74 Å². The van der Waals surface area contributed by atoms with Crippen LogP contribution < -0.4 is 5.32 Å². The van der Waals surface area contributed by atoms with E-state index in [-0.39, 0.29) is 5.97 Å².